The number of hydrogen-bond acceptors (Lipinski definition) is 4. The predicted octanol–water partition coefficient (Wildman–Crippen LogP) is 6.95. The van der Waals surface area contributed by atoms with E-state index in [9.17, 15) is 4.79 Å². The molecule has 154 valence electrons. The van der Waals surface area contributed by atoms with Crippen molar-refractivity contribution < 1.29 is 0 Å². The highest BCUT2D eigenvalue weighted by atomic mass is 32.2. The second kappa shape index (κ2) is 9.48. The molecule has 0 unspecified atom stereocenters. The molecule has 0 fully saturated rings. The van der Waals surface area contributed by atoms with E-state index in [4.69, 9.17) is 4.98 Å². The number of unbranched alkanes of at least 4 members (excludes halogenated alkanes) is 4. The molecule has 1 aliphatic carbocycles. The van der Waals surface area contributed by atoms with Crippen molar-refractivity contribution in [2.45, 2.75) is 76.3 Å². The molecule has 3 aromatic rings. The van der Waals surface area contributed by atoms with E-state index in [0.29, 0.717) is 5.92 Å². The maximum absolute atomic E-state index is 13.7. The van der Waals surface area contributed by atoms with Crippen LogP contribution in [0.25, 0.3) is 15.9 Å². The van der Waals surface area contributed by atoms with Crippen LogP contribution in [0, 0.1) is 0 Å². The molecule has 29 heavy (non-hydrogen) atoms. The van der Waals surface area contributed by atoms with E-state index in [0.717, 1.165) is 39.7 Å². The smallest absolute Gasteiger partial charge is 0.267 e. The topological polar surface area (TPSA) is 34.9 Å². The maximum atomic E-state index is 13.7. The van der Waals surface area contributed by atoms with Crippen LogP contribution in [-0.2, 0) is 6.42 Å². The molecule has 1 aliphatic rings. The number of fused-ring (bicyclic) bond motifs is 3. The van der Waals surface area contributed by atoms with Gasteiger partial charge in [0.15, 0.2) is 5.16 Å². The number of nitrogens with zero attached hydrogens (tertiary/aromatic N) is 2. The van der Waals surface area contributed by atoms with Crippen LogP contribution < -0.4 is 5.56 Å². The minimum Gasteiger partial charge on any atom is -0.268 e. The predicted molar refractivity (Wildman–Crippen MR) is 126 cm³/mol. The van der Waals surface area contributed by atoms with E-state index >= 15 is 0 Å². The molecule has 0 bridgehead atoms. The third kappa shape index (κ3) is 4.31. The number of thioether (sulfide) groups is 1. The lowest BCUT2D eigenvalue weighted by atomic mass is 9.88. The average molecular weight is 427 g/mol. The van der Waals surface area contributed by atoms with Gasteiger partial charge in [-0.25, -0.2) is 4.98 Å². The lowest BCUT2D eigenvalue weighted by molar-refractivity contribution is 0.601. The Labute approximate surface area is 181 Å². The van der Waals surface area contributed by atoms with Gasteiger partial charge in [-0.2, -0.15) is 0 Å². The summed E-state index contributed by atoms with van der Waals surface area (Å²) in [5.74, 6) is 1.46. The molecule has 2 aromatic heterocycles. The fraction of sp³-hybridized carbons (Fsp3) is 0.500. The molecule has 1 atom stereocenters. The minimum atomic E-state index is 0.112. The summed E-state index contributed by atoms with van der Waals surface area (Å²) in [5, 5.41) is 1.71. The summed E-state index contributed by atoms with van der Waals surface area (Å²) in [6.07, 6.45) is 9.76. The Morgan fingerprint density at radius 2 is 1.97 bits per heavy atom. The monoisotopic (exact) mass is 426 g/mol. The molecule has 0 amide bonds. The highest BCUT2D eigenvalue weighted by molar-refractivity contribution is 7.99. The number of rotatable bonds is 8. The average Bonchev–Trinajstić information content (AvgIpc) is 3.11. The number of hydrogen-bond donors (Lipinski definition) is 0. The van der Waals surface area contributed by atoms with Gasteiger partial charge in [-0.3, -0.25) is 9.36 Å². The molecule has 0 aliphatic heterocycles. The standard InChI is InChI=1S/C24H30N2OS2/c1-3-4-5-6-10-16-28-24-25-22-21(20-17(2)12-11-15-19(20)29-22)23(27)26(24)18-13-8-7-9-14-18/h7-9,13-14,17H,3-6,10-12,15-16H2,1-2H3/t17-/m1/s1. The third-order valence-corrected chi connectivity index (χ3v) is 8.02. The number of para-hydroxylation sites is 1. The van der Waals surface area contributed by atoms with E-state index in [1.54, 1.807) is 23.1 Å². The van der Waals surface area contributed by atoms with Gasteiger partial charge in [-0.05, 0) is 49.3 Å². The van der Waals surface area contributed by atoms with Gasteiger partial charge in [0.25, 0.3) is 5.56 Å². The van der Waals surface area contributed by atoms with Gasteiger partial charge in [0.1, 0.15) is 4.83 Å². The lowest BCUT2D eigenvalue weighted by Crippen LogP contribution is -2.22. The van der Waals surface area contributed by atoms with Crippen LogP contribution in [0.1, 0.15) is 75.2 Å². The second-order valence-electron chi connectivity index (χ2n) is 8.05. The molecule has 0 N–H and O–H groups in total. The summed E-state index contributed by atoms with van der Waals surface area (Å²) in [5.41, 5.74) is 2.30. The normalized spacial score (nSPS) is 16.3. The number of aromatic nitrogens is 2. The van der Waals surface area contributed by atoms with Gasteiger partial charge < -0.3 is 0 Å². The first-order valence-electron chi connectivity index (χ1n) is 11.0. The van der Waals surface area contributed by atoms with Crippen LogP contribution in [0.5, 0.6) is 0 Å². The summed E-state index contributed by atoms with van der Waals surface area (Å²) in [6.45, 7) is 4.50. The third-order valence-electron chi connectivity index (χ3n) is 5.84. The molecule has 1 aromatic carbocycles. The first-order valence-corrected chi connectivity index (χ1v) is 12.8. The van der Waals surface area contributed by atoms with Crippen LogP contribution in [-0.4, -0.2) is 15.3 Å². The van der Waals surface area contributed by atoms with Crippen molar-refractivity contribution >= 4 is 33.3 Å². The Bertz CT molecular complexity index is 1020. The fourth-order valence-electron chi connectivity index (χ4n) is 4.29. The molecule has 5 heteroatoms. The summed E-state index contributed by atoms with van der Waals surface area (Å²) in [6, 6.07) is 10.0. The number of aryl methyl sites for hydroxylation is 1. The zero-order valence-corrected chi connectivity index (χ0v) is 19.1. The van der Waals surface area contributed by atoms with Crippen molar-refractivity contribution in [3.8, 4) is 5.69 Å². The fourth-order valence-corrected chi connectivity index (χ4v) is 6.68. The van der Waals surface area contributed by atoms with E-state index < -0.39 is 0 Å². The number of benzene rings is 1. The van der Waals surface area contributed by atoms with Gasteiger partial charge >= 0.3 is 0 Å². The van der Waals surface area contributed by atoms with E-state index in [1.807, 2.05) is 34.9 Å². The molecule has 3 nitrogen and oxygen atoms in total. The first-order chi connectivity index (χ1) is 14.2. The Morgan fingerprint density at radius 1 is 1.17 bits per heavy atom. The molecule has 0 saturated carbocycles. The Kier molecular flexibility index (Phi) is 6.76. The zero-order chi connectivity index (χ0) is 20.2. The van der Waals surface area contributed by atoms with E-state index in [1.165, 1.54) is 49.0 Å². The first kappa shape index (κ1) is 20.7. The molecule has 0 radical (unpaired) electrons. The highest BCUT2D eigenvalue weighted by Gasteiger charge is 2.26. The maximum Gasteiger partial charge on any atom is 0.267 e. The van der Waals surface area contributed by atoms with Gasteiger partial charge in [-0.15, -0.1) is 11.3 Å². The van der Waals surface area contributed by atoms with Crippen molar-refractivity contribution in [2.75, 3.05) is 5.75 Å². The molecule has 2 heterocycles. The van der Waals surface area contributed by atoms with Crippen molar-refractivity contribution in [1.82, 2.24) is 9.55 Å². The Balaban J connectivity index is 1.74. The van der Waals surface area contributed by atoms with Crippen molar-refractivity contribution in [1.29, 1.82) is 0 Å². The lowest BCUT2D eigenvalue weighted by Gasteiger charge is -2.19. The second-order valence-corrected chi connectivity index (χ2v) is 10.2. The van der Waals surface area contributed by atoms with Crippen LogP contribution in [0.4, 0.5) is 0 Å². The van der Waals surface area contributed by atoms with Gasteiger partial charge in [0.2, 0.25) is 0 Å². The minimum absolute atomic E-state index is 0.112. The quantitative estimate of drug-likeness (QED) is 0.222. The zero-order valence-electron chi connectivity index (χ0n) is 17.4. The number of thiophene rings is 1. The molecular formula is C24H30N2OS2. The van der Waals surface area contributed by atoms with Crippen molar-refractivity contribution in [3.05, 3.63) is 51.1 Å². The van der Waals surface area contributed by atoms with Gasteiger partial charge in [0.05, 0.1) is 11.1 Å². The molecule has 0 saturated heterocycles. The highest BCUT2D eigenvalue weighted by Crippen LogP contribution is 2.41. The summed E-state index contributed by atoms with van der Waals surface area (Å²) >= 11 is 3.48. The van der Waals surface area contributed by atoms with E-state index in [-0.39, 0.29) is 5.56 Å². The largest absolute Gasteiger partial charge is 0.268 e. The van der Waals surface area contributed by atoms with Crippen LogP contribution in [0.15, 0.2) is 40.3 Å². The van der Waals surface area contributed by atoms with Crippen molar-refractivity contribution in [3.63, 3.8) is 0 Å². The molecule has 0 spiro atoms. The van der Waals surface area contributed by atoms with Crippen molar-refractivity contribution in [2.24, 2.45) is 0 Å². The summed E-state index contributed by atoms with van der Waals surface area (Å²) < 4.78 is 1.85. The summed E-state index contributed by atoms with van der Waals surface area (Å²) in [4.78, 5) is 21.1. The summed E-state index contributed by atoms with van der Waals surface area (Å²) in [7, 11) is 0. The Hall–Kier alpha value is -1.59. The van der Waals surface area contributed by atoms with E-state index in [2.05, 4.69) is 13.8 Å². The molecule has 4 rings (SSSR count). The Morgan fingerprint density at radius 3 is 2.76 bits per heavy atom. The van der Waals surface area contributed by atoms with Crippen LogP contribution in [0.3, 0.4) is 0 Å². The SMILES string of the molecule is CCCCCCCSc1nc2sc3c(c2c(=O)n1-c1ccccc1)[C@H](C)CCC3. The molecular weight excluding hydrogens is 396 g/mol. The van der Waals surface area contributed by atoms with Crippen LogP contribution >= 0.6 is 23.1 Å². The van der Waals surface area contributed by atoms with Gasteiger partial charge in [0, 0.05) is 10.6 Å². The van der Waals surface area contributed by atoms with Gasteiger partial charge in [-0.1, -0.05) is 69.5 Å². The van der Waals surface area contributed by atoms with Crippen LogP contribution in [0.2, 0.25) is 0 Å².